The molecular weight excluding hydrogens is 222 g/mol. The number of ether oxygens (including phenoxy) is 1. The predicted octanol–water partition coefficient (Wildman–Crippen LogP) is 3.03. The van der Waals surface area contributed by atoms with E-state index >= 15 is 0 Å². The fraction of sp³-hybridized carbons (Fsp3) is 0.538. The number of benzene rings is 1. The molecule has 0 unspecified atom stereocenters. The van der Waals surface area contributed by atoms with Crippen molar-refractivity contribution >= 4 is 11.6 Å². The van der Waals surface area contributed by atoms with Gasteiger partial charge < -0.3 is 10.1 Å². The van der Waals surface area contributed by atoms with Crippen molar-refractivity contribution in [2.24, 2.45) is 0 Å². The van der Waals surface area contributed by atoms with Gasteiger partial charge in [-0.05, 0) is 57.0 Å². The van der Waals surface area contributed by atoms with Crippen LogP contribution in [0.15, 0.2) is 18.2 Å². The maximum atomic E-state index is 6.03. The molecule has 0 heterocycles. The molecule has 16 heavy (non-hydrogen) atoms. The van der Waals surface area contributed by atoms with Crippen molar-refractivity contribution in [1.29, 1.82) is 0 Å². The molecule has 0 radical (unpaired) electrons. The van der Waals surface area contributed by atoms with Crippen molar-refractivity contribution < 1.29 is 4.74 Å². The molecule has 1 saturated carbocycles. The number of likely N-dealkylation sites (N-methyl/N-ethyl adjacent to an activating group) is 1. The summed E-state index contributed by atoms with van der Waals surface area (Å²) in [6.45, 7) is 2.70. The first-order chi connectivity index (χ1) is 7.69. The minimum Gasteiger partial charge on any atom is -0.494 e. The molecule has 0 saturated heterocycles. The molecule has 0 spiro atoms. The Kier molecular flexibility index (Phi) is 3.41. The van der Waals surface area contributed by atoms with Crippen molar-refractivity contribution in [3.05, 3.63) is 28.8 Å². The van der Waals surface area contributed by atoms with Gasteiger partial charge in [-0.3, -0.25) is 0 Å². The van der Waals surface area contributed by atoms with Gasteiger partial charge in [0.15, 0.2) is 0 Å². The summed E-state index contributed by atoms with van der Waals surface area (Å²) in [7, 11) is 2.03. The molecule has 1 N–H and O–H groups in total. The fourth-order valence-corrected chi connectivity index (χ4v) is 2.21. The van der Waals surface area contributed by atoms with Gasteiger partial charge in [-0.15, -0.1) is 0 Å². The third-order valence-electron chi connectivity index (χ3n) is 3.24. The molecule has 0 atom stereocenters. The van der Waals surface area contributed by atoms with Crippen LogP contribution >= 0.6 is 11.6 Å². The quantitative estimate of drug-likeness (QED) is 0.853. The molecule has 0 amide bonds. The summed E-state index contributed by atoms with van der Waals surface area (Å²) in [5, 5.41) is 4.17. The molecular formula is C13H18ClNO. The first kappa shape index (κ1) is 11.7. The van der Waals surface area contributed by atoms with Gasteiger partial charge >= 0.3 is 0 Å². The van der Waals surface area contributed by atoms with E-state index in [0.717, 1.165) is 17.2 Å². The maximum Gasteiger partial charge on any atom is 0.122 e. The zero-order chi connectivity index (χ0) is 11.6. The zero-order valence-electron chi connectivity index (χ0n) is 9.85. The first-order valence-electron chi connectivity index (χ1n) is 5.79. The number of rotatable bonds is 5. The number of hydrogen-bond donors (Lipinski definition) is 1. The molecule has 3 heteroatoms. The highest BCUT2D eigenvalue weighted by atomic mass is 35.5. The van der Waals surface area contributed by atoms with Gasteiger partial charge in [0, 0.05) is 10.6 Å². The van der Waals surface area contributed by atoms with Gasteiger partial charge in [0.05, 0.1) is 6.61 Å². The molecule has 2 nitrogen and oxygen atoms in total. The first-order valence-corrected chi connectivity index (χ1v) is 6.17. The monoisotopic (exact) mass is 239 g/mol. The van der Waals surface area contributed by atoms with Crippen LogP contribution in [0.1, 0.15) is 25.3 Å². The minimum atomic E-state index is 0.288. The highest BCUT2D eigenvalue weighted by molar-refractivity contribution is 6.30. The van der Waals surface area contributed by atoms with Gasteiger partial charge in [0.25, 0.3) is 0 Å². The normalized spacial score (nSPS) is 17.2. The Bertz CT molecular complexity index is 374. The lowest BCUT2D eigenvalue weighted by atomic mass is 10.0. The van der Waals surface area contributed by atoms with Crippen LogP contribution in [0, 0.1) is 0 Å². The Morgan fingerprint density at radius 1 is 1.44 bits per heavy atom. The van der Waals surface area contributed by atoms with Gasteiger partial charge in [-0.2, -0.15) is 0 Å². The summed E-state index contributed by atoms with van der Waals surface area (Å²) in [6.07, 6.45) is 3.47. The van der Waals surface area contributed by atoms with Crippen molar-refractivity contribution in [2.75, 3.05) is 13.7 Å². The van der Waals surface area contributed by atoms with Crippen molar-refractivity contribution in [3.8, 4) is 5.75 Å². The number of nitrogens with one attached hydrogen (secondary N) is 1. The Morgan fingerprint density at radius 3 is 2.75 bits per heavy atom. The lowest BCUT2D eigenvalue weighted by molar-refractivity contribution is 0.334. The molecule has 0 aromatic heterocycles. The molecule has 88 valence electrons. The zero-order valence-corrected chi connectivity index (χ0v) is 10.6. The van der Waals surface area contributed by atoms with E-state index in [-0.39, 0.29) is 5.54 Å². The Morgan fingerprint density at radius 2 is 2.19 bits per heavy atom. The van der Waals surface area contributed by atoms with E-state index in [1.54, 1.807) is 0 Å². The lowest BCUT2D eigenvalue weighted by Gasteiger charge is -2.17. The molecule has 0 aliphatic heterocycles. The maximum absolute atomic E-state index is 6.03. The second-order valence-corrected chi connectivity index (χ2v) is 4.83. The number of halogens is 1. The SMILES string of the molecule is CCOc1ccc(Cl)cc1CC1(NC)CC1. The molecule has 1 aromatic rings. The van der Waals surface area contributed by atoms with E-state index < -0.39 is 0 Å². The van der Waals surface area contributed by atoms with Crippen molar-refractivity contribution in [2.45, 2.75) is 31.7 Å². The lowest BCUT2D eigenvalue weighted by Crippen LogP contribution is -2.29. The van der Waals surface area contributed by atoms with E-state index in [0.29, 0.717) is 6.61 Å². The highest BCUT2D eigenvalue weighted by Gasteiger charge is 2.41. The Labute approximate surface area is 102 Å². The average molecular weight is 240 g/mol. The Balaban J connectivity index is 2.20. The second-order valence-electron chi connectivity index (χ2n) is 4.39. The molecule has 1 aliphatic rings. The molecule has 0 bridgehead atoms. The van der Waals surface area contributed by atoms with Gasteiger partial charge in [-0.25, -0.2) is 0 Å². The summed E-state index contributed by atoms with van der Waals surface area (Å²) in [4.78, 5) is 0. The van der Waals surface area contributed by atoms with Crippen LogP contribution in [0.2, 0.25) is 5.02 Å². The smallest absolute Gasteiger partial charge is 0.122 e. The average Bonchev–Trinajstić information content (AvgIpc) is 3.03. The van der Waals surface area contributed by atoms with Gasteiger partial charge in [0.2, 0.25) is 0 Å². The third kappa shape index (κ3) is 2.50. The molecule has 1 aliphatic carbocycles. The van der Waals surface area contributed by atoms with Crippen LogP contribution in [-0.2, 0) is 6.42 Å². The fourth-order valence-electron chi connectivity index (χ4n) is 2.01. The topological polar surface area (TPSA) is 21.3 Å². The second kappa shape index (κ2) is 4.64. The van der Waals surface area contributed by atoms with E-state index in [1.807, 2.05) is 32.2 Å². The van der Waals surface area contributed by atoms with Crippen molar-refractivity contribution in [3.63, 3.8) is 0 Å². The summed E-state index contributed by atoms with van der Waals surface area (Å²) in [5.41, 5.74) is 1.50. The van der Waals surface area contributed by atoms with Crippen LogP contribution in [-0.4, -0.2) is 19.2 Å². The summed E-state index contributed by atoms with van der Waals surface area (Å²) < 4.78 is 5.62. The molecule has 2 rings (SSSR count). The summed E-state index contributed by atoms with van der Waals surface area (Å²) >= 11 is 6.03. The van der Waals surface area contributed by atoms with E-state index in [1.165, 1.54) is 18.4 Å². The predicted molar refractivity (Wildman–Crippen MR) is 67.3 cm³/mol. The minimum absolute atomic E-state index is 0.288. The van der Waals surface area contributed by atoms with Crippen LogP contribution in [0.4, 0.5) is 0 Å². The van der Waals surface area contributed by atoms with Crippen LogP contribution in [0.5, 0.6) is 5.75 Å². The Hall–Kier alpha value is -0.730. The van der Waals surface area contributed by atoms with E-state index in [4.69, 9.17) is 16.3 Å². The summed E-state index contributed by atoms with van der Waals surface area (Å²) in [5.74, 6) is 0.966. The summed E-state index contributed by atoms with van der Waals surface area (Å²) in [6, 6.07) is 5.87. The van der Waals surface area contributed by atoms with Crippen molar-refractivity contribution in [1.82, 2.24) is 5.32 Å². The molecule has 1 fully saturated rings. The van der Waals surface area contributed by atoms with Crippen LogP contribution in [0.3, 0.4) is 0 Å². The molecule has 1 aromatic carbocycles. The van der Waals surface area contributed by atoms with Crippen LogP contribution < -0.4 is 10.1 Å². The van der Waals surface area contributed by atoms with Crippen LogP contribution in [0.25, 0.3) is 0 Å². The van der Waals surface area contributed by atoms with E-state index in [9.17, 15) is 0 Å². The highest BCUT2D eigenvalue weighted by Crippen LogP contribution is 2.40. The van der Waals surface area contributed by atoms with E-state index in [2.05, 4.69) is 5.32 Å². The third-order valence-corrected chi connectivity index (χ3v) is 3.47. The largest absolute Gasteiger partial charge is 0.494 e. The number of hydrogen-bond acceptors (Lipinski definition) is 2. The van der Waals surface area contributed by atoms with Gasteiger partial charge in [-0.1, -0.05) is 11.6 Å². The van der Waals surface area contributed by atoms with Gasteiger partial charge in [0.1, 0.15) is 5.75 Å². The standard InChI is InChI=1S/C13H18ClNO/c1-3-16-12-5-4-11(14)8-10(12)9-13(15-2)6-7-13/h4-5,8,15H,3,6-7,9H2,1-2H3.